The Balaban J connectivity index is 1.01. The van der Waals surface area contributed by atoms with Crippen LogP contribution in [-0.4, -0.2) is 115 Å². The molecular weight excluding hydrogens is 1060 g/mol. The highest BCUT2D eigenvalue weighted by atomic mass is 35.6. The number of halogens is 3. The minimum Gasteiger partial charge on any atom is -0.445 e. The zero-order valence-corrected chi connectivity index (χ0v) is 45.0. The lowest BCUT2D eigenvalue weighted by Crippen LogP contribution is -2.65. The topological polar surface area (TPSA) is 193 Å². The molecule has 20 heteroatoms. The molecule has 0 aliphatic carbocycles. The maximum atomic E-state index is 10.1. The summed E-state index contributed by atoms with van der Waals surface area (Å²) in [5.74, 6) is -1.95. The van der Waals surface area contributed by atoms with Gasteiger partial charge in [-0.1, -0.05) is 192 Å². The molecule has 0 radical (unpaired) electrons. The van der Waals surface area contributed by atoms with E-state index in [0.29, 0.717) is 6.61 Å². The van der Waals surface area contributed by atoms with Gasteiger partial charge in [-0.15, -0.1) is 0 Å². The van der Waals surface area contributed by atoms with E-state index in [2.05, 4.69) is 10.0 Å². The molecule has 0 spiro atoms. The summed E-state index contributed by atoms with van der Waals surface area (Å²) < 4.78 is 84.1. The van der Waals surface area contributed by atoms with Crippen LogP contribution >= 0.6 is 34.8 Å². The van der Waals surface area contributed by atoms with E-state index in [1.165, 1.54) is 0 Å². The van der Waals surface area contributed by atoms with Gasteiger partial charge in [0.15, 0.2) is 18.4 Å². The van der Waals surface area contributed by atoms with Crippen molar-refractivity contribution in [2.75, 3.05) is 13.2 Å². The first-order chi connectivity index (χ1) is 37.3. The molecule has 0 aromatic heterocycles. The van der Waals surface area contributed by atoms with Gasteiger partial charge in [-0.3, -0.25) is 5.41 Å². The summed E-state index contributed by atoms with van der Waals surface area (Å²) in [6, 6.07) is 47.4. The highest BCUT2D eigenvalue weighted by Crippen LogP contribution is 2.43. The van der Waals surface area contributed by atoms with Crippen LogP contribution in [0.25, 0.3) is 10.4 Å². The molecule has 0 unspecified atom stereocenters. The second-order valence-corrected chi connectivity index (χ2v) is 21.8. The number of ether oxygens (including phenoxy) is 13. The molecule has 5 aromatic carbocycles. The van der Waals surface area contributed by atoms with E-state index >= 15 is 0 Å². The minimum absolute atomic E-state index is 0.0364. The molecule has 4 heterocycles. The molecule has 9 rings (SSSR count). The van der Waals surface area contributed by atoms with Gasteiger partial charge in [0.1, 0.15) is 48.8 Å². The van der Waals surface area contributed by atoms with E-state index in [4.69, 9.17) is 102 Å². The monoisotopic (exact) mass is 1120 g/mol. The van der Waals surface area contributed by atoms with Crippen LogP contribution in [0.15, 0.2) is 157 Å². The third-order valence-electron chi connectivity index (χ3n) is 13.4. The van der Waals surface area contributed by atoms with Crippen molar-refractivity contribution in [2.24, 2.45) is 5.11 Å². The Morgan fingerprint density at radius 3 is 1.58 bits per heavy atom. The predicted molar refractivity (Wildman–Crippen MR) is 285 cm³/mol. The number of nitrogens with one attached hydrogen (secondary N) is 1. The average Bonchev–Trinajstić information content (AvgIpc) is 3.83. The summed E-state index contributed by atoms with van der Waals surface area (Å²) in [7, 11) is 0. The molecule has 5 aromatic rings. The number of fused-ring (bicyclic) bond motifs is 1. The molecule has 77 heavy (non-hydrogen) atoms. The Hall–Kier alpha value is -4.73. The van der Waals surface area contributed by atoms with Crippen molar-refractivity contribution < 1.29 is 61.6 Å². The summed E-state index contributed by atoms with van der Waals surface area (Å²) in [6.07, 6.45) is -12.9. The first-order valence-corrected chi connectivity index (χ1v) is 26.6. The number of benzene rings is 5. The first-order valence-electron chi connectivity index (χ1n) is 25.5. The van der Waals surface area contributed by atoms with Crippen LogP contribution < -0.4 is 0 Å². The zero-order chi connectivity index (χ0) is 53.8. The highest BCUT2D eigenvalue weighted by molar-refractivity contribution is 6.76. The lowest BCUT2D eigenvalue weighted by molar-refractivity contribution is -0.363. The quantitative estimate of drug-likeness (QED) is 0.0172. The van der Waals surface area contributed by atoms with E-state index in [-0.39, 0.29) is 39.6 Å². The number of rotatable bonds is 22. The third kappa shape index (κ3) is 15.3. The molecule has 4 aliphatic rings. The SMILES string of the molecule is C[C@@H]1O[C@@H](O[C@H]2[C@@H](OC(=N)C(Cl)(Cl)Cl)O[C@H](COCc3ccccc3)[C@H](N=[N+]=[N-])[C@@H]2OCc2ccccc2)[C@@H]2OC(C)(C)O[C@@H]2[C@H]1O[C@@H]1OC[C@@H](OCc2ccccc2)[C@H](OCc2ccccc2)[C@H]1OCc1ccccc1. The fourth-order valence-electron chi connectivity index (χ4n) is 9.69. The van der Waals surface area contributed by atoms with Crippen molar-refractivity contribution in [1.82, 2.24) is 0 Å². The Bertz CT molecular complexity index is 2650. The standard InChI is InChI=1S/C57H63Cl3N4O13/c1-36-45(73-52-49(69-33-41-27-17-8-18-28-41)46(67-31-39-23-13-6-14-24-39)43(35-70-52)66-30-38-21-11-5-12-22-38)48-51(77-56(2,3)76-48)54(71-36)74-50-47(68-32-40-25-15-7-16-26-40)44(63-64-62)42(34-65-29-37-19-9-4-10-20-37)72-53(50)75-55(61)57(58,59)60/h4-28,36,42-54,61H,29-35H2,1-3H3/t36-,42+,43+,44-,45-,46-,47-,48+,49+,50+,51+,52-,53+,54-/m0/s1. The number of hydrogen-bond donors (Lipinski definition) is 1. The van der Waals surface area contributed by atoms with Gasteiger partial charge in [0.25, 0.3) is 3.79 Å². The molecule has 1 N–H and O–H groups in total. The van der Waals surface area contributed by atoms with Gasteiger partial charge in [-0.05, 0) is 54.1 Å². The van der Waals surface area contributed by atoms with Gasteiger partial charge in [-0.2, -0.15) is 0 Å². The molecule has 0 amide bonds. The van der Waals surface area contributed by atoms with Crippen molar-refractivity contribution in [3.63, 3.8) is 0 Å². The van der Waals surface area contributed by atoms with Crippen LogP contribution in [0, 0.1) is 5.41 Å². The van der Waals surface area contributed by atoms with Crippen molar-refractivity contribution in [1.29, 1.82) is 5.41 Å². The van der Waals surface area contributed by atoms with E-state index in [1.807, 2.05) is 159 Å². The van der Waals surface area contributed by atoms with Gasteiger partial charge in [-0.25, -0.2) is 0 Å². The number of azide groups is 1. The van der Waals surface area contributed by atoms with Gasteiger partial charge < -0.3 is 61.6 Å². The molecule has 4 fully saturated rings. The summed E-state index contributed by atoms with van der Waals surface area (Å²) in [6.45, 7) is 6.41. The lowest BCUT2D eigenvalue weighted by Gasteiger charge is -2.48. The Morgan fingerprint density at radius 1 is 0.597 bits per heavy atom. The summed E-state index contributed by atoms with van der Waals surface area (Å²) in [5, 5.41) is 12.9. The van der Waals surface area contributed by atoms with Crippen LogP contribution in [0.5, 0.6) is 0 Å². The van der Waals surface area contributed by atoms with Crippen molar-refractivity contribution >= 4 is 40.7 Å². The van der Waals surface area contributed by atoms with Crippen molar-refractivity contribution in [2.45, 2.75) is 149 Å². The van der Waals surface area contributed by atoms with Crippen molar-refractivity contribution in [3.8, 4) is 0 Å². The smallest absolute Gasteiger partial charge is 0.265 e. The largest absolute Gasteiger partial charge is 0.445 e. The van der Waals surface area contributed by atoms with Gasteiger partial charge in [0.2, 0.25) is 12.2 Å². The first kappa shape index (κ1) is 57.0. The van der Waals surface area contributed by atoms with Crippen LogP contribution in [0.4, 0.5) is 0 Å². The molecular formula is C57H63Cl3N4O13. The Labute approximate surface area is 463 Å². The van der Waals surface area contributed by atoms with Crippen molar-refractivity contribution in [3.05, 3.63) is 190 Å². The number of nitrogens with zero attached hydrogens (tertiary/aromatic N) is 3. The predicted octanol–water partition coefficient (Wildman–Crippen LogP) is 10.7. The molecule has 4 aliphatic heterocycles. The Morgan fingerprint density at radius 2 is 1.06 bits per heavy atom. The Kier molecular flexibility index (Phi) is 19.9. The van der Waals surface area contributed by atoms with Gasteiger partial charge in [0, 0.05) is 4.91 Å². The van der Waals surface area contributed by atoms with Gasteiger partial charge in [0.05, 0.1) is 64.5 Å². The number of hydrogen-bond acceptors (Lipinski definition) is 15. The zero-order valence-electron chi connectivity index (χ0n) is 42.7. The molecule has 410 valence electrons. The third-order valence-corrected chi connectivity index (χ3v) is 13.9. The van der Waals surface area contributed by atoms with Crippen LogP contribution in [0.1, 0.15) is 48.6 Å². The van der Waals surface area contributed by atoms with E-state index in [0.717, 1.165) is 27.8 Å². The molecule has 4 saturated heterocycles. The van der Waals surface area contributed by atoms with Crippen LogP contribution in [0.2, 0.25) is 0 Å². The van der Waals surface area contributed by atoms with Gasteiger partial charge >= 0.3 is 0 Å². The summed E-state index contributed by atoms with van der Waals surface area (Å²) >= 11 is 18.7. The fourth-order valence-corrected chi connectivity index (χ4v) is 9.82. The maximum Gasteiger partial charge on any atom is 0.265 e. The molecule has 0 bridgehead atoms. The minimum atomic E-state index is -2.31. The van der Waals surface area contributed by atoms with Crippen LogP contribution in [0.3, 0.4) is 0 Å². The second kappa shape index (κ2) is 27.0. The summed E-state index contributed by atoms with van der Waals surface area (Å²) in [4.78, 5) is 3.21. The molecule has 14 atom stereocenters. The maximum absolute atomic E-state index is 10.1. The average molecular weight is 1120 g/mol. The highest BCUT2D eigenvalue weighted by Gasteiger charge is 2.60. The van der Waals surface area contributed by atoms with E-state index in [1.54, 1.807) is 13.8 Å². The lowest BCUT2D eigenvalue weighted by atomic mass is 9.95. The van der Waals surface area contributed by atoms with E-state index < -0.39 is 101 Å². The van der Waals surface area contributed by atoms with Crippen LogP contribution in [-0.2, 0) is 94.6 Å². The molecule has 17 nitrogen and oxygen atoms in total. The summed E-state index contributed by atoms with van der Waals surface area (Å²) in [5.41, 5.74) is 14.7. The fraction of sp³-hybridized carbons (Fsp3) is 0.456. The number of alkyl halides is 3. The molecule has 0 saturated carbocycles. The second-order valence-electron chi connectivity index (χ2n) is 19.5. The van der Waals surface area contributed by atoms with E-state index in [9.17, 15) is 5.53 Å². The normalized spacial score (nSPS) is 29.9.